The number of fused-ring (bicyclic) bond motifs is 2. The molecule has 0 radical (unpaired) electrons. The Morgan fingerprint density at radius 2 is 1.83 bits per heavy atom. The van der Waals surface area contributed by atoms with E-state index in [1.807, 2.05) is 41.3 Å². The van der Waals surface area contributed by atoms with E-state index in [9.17, 15) is 4.79 Å². The predicted octanol–water partition coefficient (Wildman–Crippen LogP) is 2.59. The molecule has 0 unspecified atom stereocenters. The quantitative estimate of drug-likeness (QED) is 0.744. The van der Waals surface area contributed by atoms with Gasteiger partial charge in [-0.1, -0.05) is 36.4 Å². The summed E-state index contributed by atoms with van der Waals surface area (Å²) >= 11 is 0. The Balaban J connectivity index is 1.45. The van der Waals surface area contributed by atoms with Crippen molar-refractivity contribution in [1.29, 1.82) is 0 Å². The van der Waals surface area contributed by atoms with Crippen LogP contribution in [0.15, 0.2) is 54.9 Å². The van der Waals surface area contributed by atoms with Crippen molar-refractivity contribution in [2.24, 2.45) is 0 Å². The second-order valence-electron chi connectivity index (χ2n) is 5.82. The molecule has 0 spiro atoms. The fourth-order valence-electron chi connectivity index (χ4n) is 3.03. The number of carbonyl (C=O) groups is 1. The molecule has 2 aromatic carbocycles. The highest BCUT2D eigenvalue weighted by Gasteiger charge is 2.21. The first-order chi connectivity index (χ1) is 11.8. The van der Waals surface area contributed by atoms with Crippen LogP contribution in [0.1, 0.15) is 11.1 Å². The van der Waals surface area contributed by atoms with Gasteiger partial charge >= 0.3 is 0 Å². The van der Waals surface area contributed by atoms with Crippen molar-refractivity contribution >= 4 is 16.8 Å². The van der Waals surface area contributed by atoms with E-state index in [4.69, 9.17) is 4.74 Å². The zero-order valence-corrected chi connectivity index (χ0v) is 13.2. The molecule has 1 aromatic heterocycles. The molecule has 4 rings (SSSR count). The molecule has 5 nitrogen and oxygen atoms in total. The lowest BCUT2D eigenvalue weighted by atomic mass is 10.00. The van der Waals surface area contributed by atoms with E-state index in [1.54, 1.807) is 0 Å². The molecule has 1 aliphatic rings. The third-order valence-corrected chi connectivity index (χ3v) is 4.32. The fourth-order valence-corrected chi connectivity index (χ4v) is 3.03. The van der Waals surface area contributed by atoms with Gasteiger partial charge in [-0.3, -0.25) is 4.79 Å². The third-order valence-electron chi connectivity index (χ3n) is 4.32. The zero-order chi connectivity index (χ0) is 16.4. The number of hydrogen-bond acceptors (Lipinski definition) is 4. The maximum Gasteiger partial charge on any atom is 0.260 e. The normalized spacial score (nSPS) is 13.6. The predicted molar refractivity (Wildman–Crippen MR) is 90.6 cm³/mol. The van der Waals surface area contributed by atoms with E-state index in [0.29, 0.717) is 12.4 Å². The minimum absolute atomic E-state index is 0.0107. The van der Waals surface area contributed by atoms with Crippen molar-refractivity contribution in [3.63, 3.8) is 0 Å². The first-order valence-corrected chi connectivity index (χ1v) is 7.98. The highest BCUT2D eigenvalue weighted by molar-refractivity contribution is 5.84. The van der Waals surface area contributed by atoms with Crippen LogP contribution >= 0.6 is 0 Å². The summed E-state index contributed by atoms with van der Waals surface area (Å²) < 4.78 is 5.68. The van der Waals surface area contributed by atoms with E-state index in [2.05, 4.69) is 22.1 Å². The topological polar surface area (TPSA) is 55.3 Å². The van der Waals surface area contributed by atoms with Gasteiger partial charge in [-0.25, -0.2) is 9.97 Å². The standard InChI is InChI=1S/C19H17N3O2/c23-18(22-10-9-14-5-1-2-6-15(14)11-22)12-24-19-16-7-3-4-8-17(16)20-13-21-19/h1-8,13H,9-12H2. The molecule has 0 saturated heterocycles. The van der Waals surface area contributed by atoms with Crippen LogP contribution in [0.2, 0.25) is 0 Å². The van der Waals surface area contributed by atoms with Gasteiger partial charge in [0, 0.05) is 13.1 Å². The van der Waals surface area contributed by atoms with Crippen molar-refractivity contribution in [2.75, 3.05) is 13.2 Å². The van der Waals surface area contributed by atoms with Gasteiger partial charge in [-0.2, -0.15) is 0 Å². The summed E-state index contributed by atoms with van der Waals surface area (Å²) in [5.74, 6) is 0.429. The maximum atomic E-state index is 12.5. The van der Waals surface area contributed by atoms with Crippen LogP contribution in [-0.2, 0) is 17.8 Å². The van der Waals surface area contributed by atoms with Crippen LogP contribution < -0.4 is 4.74 Å². The van der Waals surface area contributed by atoms with Gasteiger partial charge in [0.25, 0.3) is 5.91 Å². The Morgan fingerprint density at radius 3 is 2.75 bits per heavy atom. The van der Waals surface area contributed by atoms with Crippen LogP contribution in [0, 0.1) is 0 Å². The van der Waals surface area contributed by atoms with Crippen molar-refractivity contribution < 1.29 is 9.53 Å². The number of amides is 1. The molecule has 5 heteroatoms. The second-order valence-corrected chi connectivity index (χ2v) is 5.82. The molecule has 0 fully saturated rings. The molecule has 0 N–H and O–H groups in total. The van der Waals surface area contributed by atoms with Gasteiger partial charge in [0.15, 0.2) is 6.61 Å². The van der Waals surface area contributed by atoms with Gasteiger partial charge in [-0.05, 0) is 29.7 Å². The van der Waals surface area contributed by atoms with Crippen LogP contribution in [0.4, 0.5) is 0 Å². The van der Waals surface area contributed by atoms with Gasteiger partial charge in [-0.15, -0.1) is 0 Å². The van der Waals surface area contributed by atoms with Gasteiger partial charge in [0.1, 0.15) is 6.33 Å². The second kappa shape index (κ2) is 6.28. The third kappa shape index (κ3) is 2.80. The van der Waals surface area contributed by atoms with Crippen molar-refractivity contribution in [3.8, 4) is 5.88 Å². The number of carbonyl (C=O) groups excluding carboxylic acids is 1. The summed E-state index contributed by atoms with van der Waals surface area (Å²) in [4.78, 5) is 22.7. The van der Waals surface area contributed by atoms with Gasteiger partial charge in [0.2, 0.25) is 5.88 Å². The van der Waals surface area contributed by atoms with Crippen LogP contribution in [0.5, 0.6) is 5.88 Å². The summed E-state index contributed by atoms with van der Waals surface area (Å²) in [6.45, 7) is 1.36. The summed E-state index contributed by atoms with van der Waals surface area (Å²) in [7, 11) is 0. The molecule has 2 heterocycles. The monoisotopic (exact) mass is 319 g/mol. The van der Waals surface area contributed by atoms with E-state index < -0.39 is 0 Å². The van der Waals surface area contributed by atoms with E-state index >= 15 is 0 Å². The number of benzene rings is 2. The summed E-state index contributed by atoms with van der Waals surface area (Å²) in [6, 6.07) is 15.9. The molecule has 0 saturated carbocycles. The molecule has 0 aliphatic carbocycles. The number of hydrogen-bond donors (Lipinski definition) is 0. The van der Waals surface area contributed by atoms with Crippen LogP contribution in [-0.4, -0.2) is 33.9 Å². The SMILES string of the molecule is O=C(COc1ncnc2ccccc12)N1CCc2ccccc2C1. The van der Waals surface area contributed by atoms with E-state index in [1.165, 1.54) is 17.5 Å². The lowest BCUT2D eigenvalue weighted by Crippen LogP contribution is -2.38. The first-order valence-electron chi connectivity index (χ1n) is 7.98. The average Bonchev–Trinajstić information content (AvgIpc) is 2.65. The number of ether oxygens (including phenoxy) is 1. The van der Waals surface area contributed by atoms with E-state index in [-0.39, 0.29) is 12.5 Å². The lowest BCUT2D eigenvalue weighted by molar-refractivity contribution is -0.134. The van der Waals surface area contributed by atoms with E-state index in [0.717, 1.165) is 23.9 Å². The molecule has 0 atom stereocenters. The average molecular weight is 319 g/mol. The van der Waals surface area contributed by atoms with Gasteiger partial charge in [0.05, 0.1) is 10.9 Å². The number of aromatic nitrogens is 2. The Kier molecular flexibility index (Phi) is 3.83. The van der Waals surface area contributed by atoms with Gasteiger partial charge < -0.3 is 9.64 Å². The zero-order valence-electron chi connectivity index (χ0n) is 13.2. The summed E-state index contributed by atoms with van der Waals surface area (Å²) in [5, 5.41) is 0.816. The van der Waals surface area contributed by atoms with Crippen molar-refractivity contribution in [2.45, 2.75) is 13.0 Å². The Hall–Kier alpha value is -2.95. The molecule has 1 aliphatic heterocycles. The molecular weight excluding hydrogens is 302 g/mol. The highest BCUT2D eigenvalue weighted by Crippen LogP contribution is 2.21. The minimum Gasteiger partial charge on any atom is -0.467 e. The van der Waals surface area contributed by atoms with Crippen LogP contribution in [0.3, 0.4) is 0 Å². The van der Waals surface area contributed by atoms with Crippen molar-refractivity contribution in [1.82, 2.24) is 14.9 Å². The Labute approximate surface area is 139 Å². The number of rotatable bonds is 3. The maximum absolute atomic E-state index is 12.5. The Morgan fingerprint density at radius 1 is 1.04 bits per heavy atom. The summed E-state index contributed by atoms with van der Waals surface area (Å²) in [6.07, 6.45) is 2.34. The molecule has 0 bridgehead atoms. The molecule has 1 amide bonds. The van der Waals surface area contributed by atoms with Crippen LogP contribution in [0.25, 0.3) is 10.9 Å². The molecule has 3 aromatic rings. The smallest absolute Gasteiger partial charge is 0.260 e. The molecule has 120 valence electrons. The fraction of sp³-hybridized carbons (Fsp3) is 0.211. The Bertz CT molecular complexity index is 889. The first kappa shape index (κ1) is 14.6. The highest BCUT2D eigenvalue weighted by atomic mass is 16.5. The summed E-state index contributed by atoms with van der Waals surface area (Å²) in [5.41, 5.74) is 3.34. The number of nitrogens with zero attached hydrogens (tertiary/aromatic N) is 3. The largest absolute Gasteiger partial charge is 0.467 e. The minimum atomic E-state index is -0.0211. The number of para-hydroxylation sites is 1. The molecule has 24 heavy (non-hydrogen) atoms. The molecular formula is C19H17N3O2. The van der Waals surface area contributed by atoms with Crippen molar-refractivity contribution in [3.05, 3.63) is 66.0 Å². The lowest BCUT2D eigenvalue weighted by Gasteiger charge is -2.28.